The maximum Gasteiger partial charge on any atom is 0.248 e. The smallest absolute Gasteiger partial charge is 0.209 e. The van der Waals surface area contributed by atoms with E-state index in [4.69, 9.17) is 23.2 Å². The highest BCUT2D eigenvalue weighted by molar-refractivity contribution is 6.34. The zero-order chi connectivity index (χ0) is 10.7. The summed E-state index contributed by atoms with van der Waals surface area (Å²) in [5.74, 6) is -1.02. The first-order valence-electron chi connectivity index (χ1n) is 3.91. The van der Waals surface area contributed by atoms with Crippen molar-refractivity contribution in [1.82, 2.24) is 0 Å². The van der Waals surface area contributed by atoms with Crippen molar-refractivity contribution in [2.75, 3.05) is 0 Å². The number of hydrogen-bond acceptors (Lipinski definition) is 0. The van der Waals surface area contributed by atoms with Gasteiger partial charge in [0, 0.05) is 10.0 Å². The van der Waals surface area contributed by atoms with E-state index in [0.29, 0.717) is 15.6 Å². The molecule has 4 heteroatoms. The Balaban J connectivity index is 3.10. The summed E-state index contributed by atoms with van der Waals surface area (Å²) in [5.41, 5.74) is 0.382. The zero-order valence-corrected chi connectivity index (χ0v) is 8.69. The van der Waals surface area contributed by atoms with Gasteiger partial charge in [0.05, 0.1) is 5.92 Å². The predicted molar refractivity (Wildman–Crippen MR) is 55.4 cm³/mol. The molecule has 0 nitrogen and oxygen atoms in total. The summed E-state index contributed by atoms with van der Waals surface area (Å²) in [6.45, 7) is 3.35. The maximum absolute atomic E-state index is 12.5. The van der Waals surface area contributed by atoms with E-state index >= 15 is 0 Å². The number of alkyl halides is 2. The van der Waals surface area contributed by atoms with Gasteiger partial charge >= 0.3 is 0 Å². The van der Waals surface area contributed by atoms with Gasteiger partial charge in [-0.3, -0.25) is 0 Å². The molecule has 1 aromatic carbocycles. The second kappa shape index (κ2) is 4.76. The minimum atomic E-state index is -2.50. The predicted octanol–water partition coefficient (Wildman–Crippen LogP) is 4.53. The van der Waals surface area contributed by atoms with Crippen LogP contribution >= 0.6 is 23.2 Å². The van der Waals surface area contributed by atoms with Crippen molar-refractivity contribution in [1.29, 1.82) is 0 Å². The van der Waals surface area contributed by atoms with Crippen LogP contribution in [0, 0.1) is 0 Å². The lowest BCUT2D eigenvalue weighted by atomic mass is 10.00. The summed E-state index contributed by atoms with van der Waals surface area (Å²) < 4.78 is 25.0. The van der Waals surface area contributed by atoms with Gasteiger partial charge in [0.15, 0.2) is 0 Å². The fraction of sp³-hybridized carbons (Fsp3) is 0.200. The Bertz CT molecular complexity index is 317. The summed E-state index contributed by atoms with van der Waals surface area (Å²) in [4.78, 5) is 0. The maximum atomic E-state index is 12.5. The Morgan fingerprint density at radius 1 is 1.14 bits per heavy atom. The third-order valence-electron chi connectivity index (χ3n) is 1.80. The van der Waals surface area contributed by atoms with E-state index in [-0.39, 0.29) is 0 Å². The first-order valence-corrected chi connectivity index (χ1v) is 4.67. The minimum absolute atomic E-state index is 0.347. The number of benzene rings is 1. The first-order chi connectivity index (χ1) is 6.54. The third kappa shape index (κ3) is 2.69. The van der Waals surface area contributed by atoms with Crippen LogP contribution in [0.5, 0.6) is 0 Å². The van der Waals surface area contributed by atoms with E-state index in [1.54, 1.807) is 0 Å². The van der Waals surface area contributed by atoms with Crippen LogP contribution in [0.25, 0.3) is 0 Å². The molecule has 76 valence electrons. The molecule has 0 aliphatic carbocycles. The molecule has 0 saturated carbocycles. The van der Waals surface area contributed by atoms with Crippen LogP contribution in [0.15, 0.2) is 30.9 Å². The molecule has 0 aromatic heterocycles. The van der Waals surface area contributed by atoms with Gasteiger partial charge in [-0.05, 0) is 23.8 Å². The van der Waals surface area contributed by atoms with E-state index in [0.717, 1.165) is 0 Å². The van der Waals surface area contributed by atoms with E-state index in [1.165, 1.54) is 24.3 Å². The van der Waals surface area contributed by atoms with Gasteiger partial charge in [-0.1, -0.05) is 29.3 Å². The van der Waals surface area contributed by atoms with Crippen LogP contribution in [-0.2, 0) is 0 Å². The van der Waals surface area contributed by atoms with Gasteiger partial charge < -0.3 is 0 Å². The number of hydrogen-bond donors (Lipinski definition) is 0. The average Bonchev–Trinajstić information content (AvgIpc) is 2.02. The van der Waals surface area contributed by atoms with Crippen molar-refractivity contribution in [2.24, 2.45) is 0 Å². The van der Waals surface area contributed by atoms with Crippen LogP contribution in [-0.4, -0.2) is 6.43 Å². The molecular formula is C10H8Cl2F2. The highest BCUT2D eigenvalue weighted by Crippen LogP contribution is 2.29. The van der Waals surface area contributed by atoms with Crippen LogP contribution in [0.2, 0.25) is 10.0 Å². The fourth-order valence-electron chi connectivity index (χ4n) is 1.15. The second-order valence-corrected chi connectivity index (χ2v) is 3.67. The third-order valence-corrected chi connectivity index (χ3v) is 2.23. The van der Waals surface area contributed by atoms with Crippen molar-refractivity contribution in [3.8, 4) is 0 Å². The molecule has 0 fully saturated rings. The van der Waals surface area contributed by atoms with Gasteiger partial charge in [-0.15, -0.1) is 6.58 Å². The largest absolute Gasteiger partial charge is 0.248 e. The zero-order valence-electron chi connectivity index (χ0n) is 7.18. The topological polar surface area (TPSA) is 0 Å². The number of allylic oxidation sites excluding steroid dienone is 1. The molecule has 1 aromatic rings. The Kier molecular flexibility index (Phi) is 3.90. The van der Waals surface area contributed by atoms with Gasteiger partial charge in [0.2, 0.25) is 6.43 Å². The van der Waals surface area contributed by atoms with Crippen molar-refractivity contribution in [2.45, 2.75) is 12.3 Å². The van der Waals surface area contributed by atoms with Crippen LogP contribution in [0.3, 0.4) is 0 Å². The van der Waals surface area contributed by atoms with Gasteiger partial charge in [-0.25, -0.2) is 8.78 Å². The highest BCUT2D eigenvalue weighted by Gasteiger charge is 2.19. The molecule has 0 N–H and O–H groups in total. The highest BCUT2D eigenvalue weighted by atomic mass is 35.5. The van der Waals surface area contributed by atoms with E-state index < -0.39 is 12.3 Å². The summed E-state index contributed by atoms with van der Waals surface area (Å²) in [7, 11) is 0. The molecule has 1 rings (SSSR count). The standard InChI is InChI=1S/C10H8Cl2F2/c1-2-9(10(13)14)6-3-7(11)5-8(12)4-6/h2-5,9-10H,1H2/t9-/m1/s1. The second-order valence-electron chi connectivity index (χ2n) is 2.80. The summed E-state index contributed by atoms with van der Waals surface area (Å²) in [5, 5.41) is 0.694. The Morgan fingerprint density at radius 2 is 1.64 bits per heavy atom. The molecule has 0 amide bonds. The fourth-order valence-corrected chi connectivity index (χ4v) is 1.69. The molecule has 0 aliphatic heterocycles. The Labute approximate surface area is 91.1 Å². The lowest BCUT2D eigenvalue weighted by Gasteiger charge is -2.12. The minimum Gasteiger partial charge on any atom is -0.209 e. The average molecular weight is 237 g/mol. The molecule has 0 heterocycles. The SMILES string of the molecule is C=C[C@H](c1cc(Cl)cc(Cl)c1)C(F)F. The van der Waals surface area contributed by atoms with Gasteiger partial charge in [0.1, 0.15) is 0 Å². The number of halogens is 4. The van der Waals surface area contributed by atoms with Crippen molar-refractivity contribution >= 4 is 23.2 Å². The molecule has 0 aliphatic rings. The normalized spacial score (nSPS) is 12.9. The lowest BCUT2D eigenvalue weighted by molar-refractivity contribution is 0.131. The van der Waals surface area contributed by atoms with Crippen molar-refractivity contribution in [3.63, 3.8) is 0 Å². The Morgan fingerprint density at radius 3 is 2.00 bits per heavy atom. The molecule has 0 radical (unpaired) electrons. The van der Waals surface area contributed by atoms with Gasteiger partial charge in [-0.2, -0.15) is 0 Å². The van der Waals surface area contributed by atoms with E-state index in [1.807, 2.05) is 0 Å². The van der Waals surface area contributed by atoms with Crippen LogP contribution in [0.1, 0.15) is 11.5 Å². The summed E-state index contributed by atoms with van der Waals surface area (Å²) >= 11 is 11.4. The molecule has 0 spiro atoms. The monoisotopic (exact) mass is 236 g/mol. The van der Waals surface area contributed by atoms with Crippen molar-refractivity contribution < 1.29 is 8.78 Å². The molecule has 1 atom stereocenters. The molecular weight excluding hydrogens is 229 g/mol. The first kappa shape index (κ1) is 11.5. The van der Waals surface area contributed by atoms with Crippen LogP contribution in [0.4, 0.5) is 8.78 Å². The van der Waals surface area contributed by atoms with Gasteiger partial charge in [0.25, 0.3) is 0 Å². The van der Waals surface area contributed by atoms with E-state index in [9.17, 15) is 8.78 Å². The van der Waals surface area contributed by atoms with Crippen LogP contribution < -0.4 is 0 Å². The quantitative estimate of drug-likeness (QED) is 0.677. The number of rotatable bonds is 3. The van der Waals surface area contributed by atoms with Crippen molar-refractivity contribution in [3.05, 3.63) is 46.5 Å². The molecule has 0 unspecified atom stereocenters. The molecule has 0 bridgehead atoms. The summed E-state index contributed by atoms with van der Waals surface area (Å²) in [6, 6.07) is 4.43. The molecule has 0 saturated heterocycles. The molecule has 14 heavy (non-hydrogen) atoms. The lowest BCUT2D eigenvalue weighted by Crippen LogP contribution is -2.05. The van der Waals surface area contributed by atoms with E-state index in [2.05, 4.69) is 6.58 Å². The Hall–Kier alpha value is -0.600. The summed E-state index contributed by atoms with van der Waals surface area (Å²) in [6.07, 6.45) is -1.31.